The van der Waals surface area contributed by atoms with Crippen molar-refractivity contribution in [3.63, 3.8) is 0 Å². The first-order valence-electron chi connectivity index (χ1n) is 12.2. The Morgan fingerprint density at radius 1 is 0.974 bits per heavy atom. The van der Waals surface area contributed by atoms with Crippen LogP contribution in [0.3, 0.4) is 0 Å². The number of fused-ring (bicyclic) bond motifs is 2. The van der Waals surface area contributed by atoms with Gasteiger partial charge in [-0.05, 0) is 73.0 Å². The summed E-state index contributed by atoms with van der Waals surface area (Å²) in [5.74, 6) is -0.275. The first-order valence-corrected chi connectivity index (χ1v) is 14.5. The number of rotatable bonds is 6. The van der Waals surface area contributed by atoms with Gasteiger partial charge in [0.25, 0.3) is 15.9 Å². The van der Waals surface area contributed by atoms with Crippen LogP contribution >= 0.6 is 11.3 Å². The number of para-hydroxylation sites is 2. The molecule has 6 rings (SSSR count). The summed E-state index contributed by atoms with van der Waals surface area (Å²) >= 11 is 1.44. The molecule has 0 aliphatic carbocycles. The van der Waals surface area contributed by atoms with Crippen LogP contribution in [0.1, 0.15) is 27.2 Å². The topological polar surface area (TPSA) is 83.5 Å². The van der Waals surface area contributed by atoms with Gasteiger partial charge in [0.2, 0.25) is 0 Å². The molecule has 2 aromatic heterocycles. The molecule has 0 bridgehead atoms. The van der Waals surface area contributed by atoms with Crippen LogP contribution in [0.2, 0.25) is 0 Å². The number of carbonyl (C=O) groups is 1. The zero-order chi connectivity index (χ0) is 26.3. The van der Waals surface area contributed by atoms with E-state index in [1.54, 1.807) is 23.2 Å². The van der Waals surface area contributed by atoms with Crippen molar-refractivity contribution in [2.75, 3.05) is 15.7 Å². The number of benzene rings is 3. The Bertz CT molecular complexity index is 1750. The molecule has 0 spiro atoms. The molecule has 7 nitrogen and oxygen atoms in total. The van der Waals surface area contributed by atoms with Gasteiger partial charge < -0.3 is 0 Å². The number of pyridine rings is 1. The lowest BCUT2D eigenvalue weighted by Crippen LogP contribution is -2.31. The number of hydrogen-bond donors (Lipinski definition) is 0. The average molecular weight is 541 g/mol. The second-order valence-electron chi connectivity index (χ2n) is 9.11. The third-order valence-electron chi connectivity index (χ3n) is 6.67. The summed E-state index contributed by atoms with van der Waals surface area (Å²) in [6.45, 7) is 2.63. The molecule has 1 aliphatic rings. The summed E-state index contributed by atoms with van der Waals surface area (Å²) in [7, 11) is -3.75. The van der Waals surface area contributed by atoms with E-state index in [9.17, 15) is 13.2 Å². The van der Waals surface area contributed by atoms with Crippen molar-refractivity contribution in [3.05, 3.63) is 114 Å². The van der Waals surface area contributed by atoms with Gasteiger partial charge in [-0.25, -0.2) is 13.4 Å². The van der Waals surface area contributed by atoms with Crippen molar-refractivity contribution in [3.8, 4) is 0 Å². The molecule has 3 aromatic carbocycles. The van der Waals surface area contributed by atoms with Gasteiger partial charge in [0.05, 0.1) is 33.0 Å². The lowest BCUT2D eigenvalue weighted by Gasteiger charge is -2.21. The summed E-state index contributed by atoms with van der Waals surface area (Å²) in [5.41, 5.74) is 4.72. The predicted octanol–water partition coefficient (Wildman–Crippen LogP) is 5.60. The molecule has 38 heavy (non-hydrogen) atoms. The van der Waals surface area contributed by atoms with E-state index >= 15 is 0 Å². The van der Waals surface area contributed by atoms with Crippen molar-refractivity contribution < 1.29 is 13.2 Å². The number of carbonyl (C=O) groups excluding carboxylic acids is 1. The van der Waals surface area contributed by atoms with Crippen molar-refractivity contribution in [1.29, 1.82) is 0 Å². The molecular formula is C29H24N4O3S2. The van der Waals surface area contributed by atoms with Crippen molar-refractivity contribution >= 4 is 48.3 Å². The molecule has 1 amide bonds. The highest BCUT2D eigenvalue weighted by Crippen LogP contribution is 2.34. The fraction of sp³-hybridized carbons (Fsp3) is 0.138. The molecule has 1 aliphatic heterocycles. The minimum Gasteiger partial charge on any atom is -0.278 e. The maximum atomic E-state index is 13.8. The van der Waals surface area contributed by atoms with Gasteiger partial charge in [-0.3, -0.25) is 19.0 Å². The summed E-state index contributed by atoms with van der Waals surface area (Å²) in [4.78, 5) is 24.7. The Morgan fingerprint density at radius 2 is 1.76 bits per heavy atom. The highest BCUT2D eigenvalue weighted by atomic mass is 32.2. The first kappa shape index (κ1) is 24.3. The van der Waals surface area contributed by atoms with Gasteiger partial charge in [0, 0.05) is 18.3 Å². The fourth-order valence-electron chi connectivity index (χ4n) is 4.68. The van der Waals surface area contributed by atoms with Gasteiger partial charge >= 0.3 is 0 Å². The summed E-state index contributed by atoms with van der Waals surface area (Å²) < 4.78 is 29.3. The van der Waals surface area contributed by atoms with Crippen LogP contribution in [0, 0.1) is 6.92 Å². The zero-order valence-electron chi connectivity index (χ0n) is 20.6. The van der Waals surface area contributed by atoms with Crippen LogP contribution < -0.4 is 9.21 Å². The number of anilines is 2. The number of amides is 1. The van der Waals surface area contributed by atoms with Crippen LogP contribution in [0.4, 0.5) is 10.8 Å². The van der Waals surface area contributed by atoms with Crippen LogP contribution in [-0.2, 0) is 23.0 Å². The number of hydrogen-bond acceptors (Lipinski definition) is 6. The molecule has 0 saturated heterocycles. The van der Waals surface area contributed by atoms with Gasteiger partial charge in [-0.1, -0.05) is 47.7 Å². The molecule has 0 saturated carbocycles. The SMILES string of the molecule is Cc1cccc2sc(N(Cc3ccccn3)C(=O)c3ccc(S(=O)(=O)N4CCc5ccccc54)cc3)nc12. The third kappa shape index (κ3) is 4.33. The molecule has 0 unspecified atom stereocenters. The first-order chi connectivity index (χ1) is 18.4. The largest absolute Gasteiger partial charge is 0.278 e. The normalized spacial score (nSPS) is 13.0. The highest BCUT2D eigenvalue weighted by Gasteiger charge is 2.31. The van der Waals surface area contributed by atoms with Crippen molar-refractivity contribution in [2.45, 2.75) is 24.8 Å². The Labute approximate surface area is 225 Å². The number of nitrogens with zero attached hydrogens (tertiary/aromatic N) is 4. The lowest BCUT2D eigenvalue weighted by atomic mass is 10.2. The van der Waals surface area contributed by atoms with Crippen molar-refractivity contribution in [1.82, 2.24) is 9.97 Å². The number of aromatic nitrogens is 2. The van der Waals surface area contributed by atoms with Gasteiger partial charge in [-0.15, -0.1) is 0 Å². The number of aryl methyl sites for hydroxylation is 1. The molecule has 0 N–H and O–H groups in total. The standard InChI is InChI=1S/C29H24N4O3S2/c1-20-7-6-11-26-27(20)31-29(37-26)32(19-23-9-4-5-17-30-23)28(34)22-12-14-24(15-13-22)38(35,36)33-18-16-21-8-2-3-10-25(21)33/h2-15,17H,16,18-19H2,1H3. The molecule has 9 heteroatoms. The minimum absolute atomic E-state index is 0.151. The van der Waals surface area contributed by atoms with E-state index in [4.69, 9.17) is 4.98 Å². The number of thiazole rings is 1. The van der Waals surface area contributed by atoms with Crippen LogP contribution in [0.5, 0.6) is 0 Å². The monoisotopic (exact) mass is 540 g/mol. The van der Waals surface area contributed by atoms with Crippen LogP contribution in [0.15, 0.2) is 96.0 Å². The maximum Gasteiger partial charge on any atom is 0.264 e. The van der Waals surface area contributed by atoms with Crippen LogP contribution in [-0.4, -0.2) is 30.8 Å². The third-order valence-corrected chi connectivity index (χ3v) is 9.54. The van der Waals surface area contributed by atoms with E-state index in [1.807, 2.05) is 67.6 Å². The molecule has 0 atom stereocenters. The average Bonchev–Trinajstić information content (AvgIpc) is 3.58. The highest BCUT2D eigenvalue weighted by molar-refractivity contribution is 7.92. The maximum absolute atomic E-state index is 13.8. The Kier molecular flexibility index (Phi) is 6.17. The summed E-state index contributed by atoms with van der Waals surface area (Å²) in [6.07, 6.45) is 2.37. The van der Waals surface area contributed by atoms with E-state index in [-0.39, 0.29) is 17.3 Å². The van der Waals surface area contributed by atoms with E-state index in [1.165, 1.54) is 27.8 Å². The van der Waals surface area contributed by atoms with Gasteiger partial charge in [0.1, 0.15) is 0 Å². The predicted molar refractivity (Wildman–Crippen MR) is 150 cm³/mol. The number of sulfonamides is 1. The minimum atomic E-state index is -3.75. The quantitative estimate of drug-likeness (QED) is 0.280. The van der Waals surface area contributed by atoms with Crippen molar-refractivity contribution in [2.24, 2.45) is 0 Å². The fourth-order valence-corrected chi connectivity index (χ4v) is 7.22. The Hall–Kier alpha value is -4.08. The zero-order valence-corrected chi connectivity index (χ0v) is 22.2. The molecule has 0 fully saturated rings. The molecule has 3 heterocycles. The van der Waals surface area contributed by atoms with Gasteiger partial charge in [0.15, 0.2) is 5.13 Å². The Balaban J connectivity index is 1.33. The molecule has 190 valence electrons. The van der Waals surface area contributed by atoms with E-state index in [0.29, 0.717) is 29.3 Å². The Morgan fingerprint density at radius 3 is 2.53 bits per heavy atom. The summed E-state index contributed by atoms with van der Waals surface area (Å²) in [5, 5.41) is 0.565. The molecular weight excluding hydrogens is 516 g/mol. The van der Waals surface area contributed by atoms with Crippen LogP contribution in [0.25, 0.3) is 10.2 Å². The second-order valence-corrected chi connectivity index (χ2v) is 12.0. The van der Waals surface area contributed by atoms with E-state index < -0.39 is 10.0 Å². The second kappa shape index (κ2) is 9.66. The molecule has 5 aromatic rings. The van der Waals surface area contributed by atoms with E-state index in [2.05, 4.69) is 4.98 Å². The molecule has 0 radical (unpaired) electrons. The summed E-state index contributed by atoms with van der Waals surface area (Å²) in [6, 6.07) is 25.2. The lowest BCUT2D eigenvalue weighted by molar-refractivity contribution is 0.0984. The smallest absolute Gasteiger partial charge is 0.264 e. The van der Waals surface area contributed by atoms with Gasteiger partial charge in [-0.2, -0.15) is 0 Å². The van der Waals surface area contributed by atoms with E-state index in [0.717, 1.165) is 27.0 Å².